The van der Waals surface area contributed by atoms with E-state index in [1.54, 1.807) is 13.0 Å². The first-order valence-corrected chi connectivity index (χ1v) is 6.46. The van der Waals surface area contributed by atoms with E-state index in [1.165, 1.54) is 6.08 Å². The second-order valence-electron chi connectivity index (χ2n) is 4.19. The number of benzene rings is 1. The lowest BCUT2D eigenvalue weighted by Crippen LogP contribution is -2.25. The van der Waals surface area contributed by atoms with Gasteiger partial charge < -0.3 is 14.2 Å². The number of carbonyl (C=O) groups is 1. The molecule has 0 saturated carbocycles. The fourth-order valence-corrected chi connectivity index (χ4v) is 1.86. The van der Waals surface area contributed by atoms with Gasteiger partial charge >= 0.3 is 5.97 Å². The van der Waals surface area contributed by atoms with Gasteiger partial charge in [0, 0.05) is 18.1 Å². The molecule has 0 aliphatic carbocycles. The third-order valence-corrected chi connectivity index (χ3v) is 2.78. The maximum Gasteiger partial charge on any atom is 0.330 e. The van der Waals surface area contributed by atoms with Crippen molar-refractivity contribution < 1.29 is 19.0 Å². The van der Waals surface area contributed by atoms with Crippen LogP contribution in [-0.4, -0.2) is 25.3 Å². The summed E-state index contributed by atoms with van der Waals surface area (Å²) < 4.78 is 16.2. The van der Waals surface area contributed by atoms with Crippen molar-refractivity contribution in [2.75, 3.05) is 13.2 Å². The molecule has 1 aromatic carbocycles. The van der Waals surface area contributed by atoms with E-state index in [4.69, 9.17) is 14.2 Å². The van der Waals surface area contributed by atoms with E-state index < -0.39 is 0 Å². The highest BCUT2D eigenvalue weighted by molar-refractivity contribution is 5.81. The summed E-state index contributed by atoms with van der Waals surface area (Å²) in [6.45, 7) is 2.77. The maximum atomic E-state index is 11.2. The van der Waals surface area contributed by atoms with Gasteiger partial charge in [-0.05, 0) is 13.0 Å². The molecule has 0 spiro atoms. The lowest BCUT2D eigenvalue weighted by atomic mass is 10.1. The normalized spacial score (nSPS) is 23.4. The monoisotopic (exact) mass is 262 g/mol. The highest BCUT2D eigenvalue weighted by Gasteiger charge is 2.22. The van der Waals surface area contributed by atoms with E-state index in [2.05, 4.69) is 0 Å². The molecule has 1 aromatic rings. The lowest BCUT2D eigenvalue weighted by Gasteiger charge is -2.28. The van der Waals surface area contributed by atoms with Crippen molar-refractivity contribution in [3.05, 3.63) is 48.0 Å². The molecule has 1 heterocycles. The highest BCUT2D eigenvalue weighted by atomic mass is 16.7. The molecule has 0 unspecified atom stereocenters. The molecule has 0 amide bonds. The van der Waals surface area contributed by atoms with Gasteiger partial charge in [-0.3, -0.25) is 0 Å². The van der Waals surface area contributed by atoms with Crippen molar-refractivity contribution in [1.82, 2.24) is 0 Å². The first kappa shape index (κ1) is 13.8. The molecular formula is C15H18O4. The van der Waals surface area contributed by atoms with Crippen LogP contribution in [0.2, 0.25) is 0 Å². The minimum absolute atomic E-state index is 0.122. The average molecular weight is 262 g/mol. The predicted molar refractivity (Wildman–Crippen MR) is 70.4 cm³/mol. The summed E-state index contributed by atoms with van der Waals surface area (Å²) in [5.74, 6) is -0.339. The SMILES string of the molecule is CCOC(=O)/C=C/[C@@H]1CCO[C@H](c2ccccc2)O1. The second-order valence-corrected chi connectivity index (χ2v) is 4.19. The van der Waals surface area contributed by atoms with Crippen molar-refractivity contribution in [2.24, 2.45) is 0 Å². The van der Waals surface area contributed by atoms with E-state index in [1.807, 2.05) is 30.3 Å². The van der Waals surface area contributed by atoms with Crippen molar-refractivity contribution in [1.29, 1.82) is 0 Å². The Kier molecular flexibility index (Phi) is 5.12. The zero-order chi connectivity index (χ0) is 13.5. The zero-order valence-electron chi connectivity index (χ0n) is 11.0. The molecule has 4 heteroatoms. The van der Waals surface area contributed by atoms with Crippen LogP contribution >= 0.6 is 0 Å². The number of rotatable bonds is 4. The van der Waals surface area contributed by atoms with Gasteiger partial charge in [0.15, 0.2) is 6.29 Å². The molecule has 2 rings (SSSR count). The predicted octanol–water partition coefficient (Wildman–Crippen LogP) is 2.61. The average Bonchev–Trinajstić information content (AvgIpc) is 2.47. The van der Waals surface area contributed by atoms with Gasteiger partial charge in [-0.2, -0.15) is 0 Å². The first-order valence-electron chi connectivity index (χ1n) is 6.46. The molecule has 4 nitrogen and oxygen atoms in total. The maximum absolute atomic E-state index is 11.2. The zero-order valence-corrected chi connectivity index (χ0v) is 11.0. The molecule has 1 aliphatic rings. The van der Waals surface area contributed by atoms with Crippen molar-refractivity contribution in [3.8, 4) is 0 Å². The van der Waals surface area contributed by atoms with E-state index in [0.29, 0.717) is 13.2 Å². The van der Waals surface area contributed by atoms with Crippen LogP contribution in [0.15, 0.2) is 42.5 Å². The van der Waals surface area contributed by atoms with Crippen LogP contribution in [0.25, 0.3) is 0 Å². The van der Waals surface area contributed by atoms with E-state index in [9.17, 15) is 4.79 Å². The molecule has 0 radical (unpaired) electrons. The molecule has 1 saturated heterocycles. The molecule has 102 valence electrons. The Morgan fingerprint density at radius 3 is 2.95 bits per heavy atom. The number of ether oxygens (including phenoxy) is 3. The fourth-order valence-electron chi connectivity index (χ4n) is 1.86. The molecule has 0 N–H and O–H groups in total. The van der Waals surface area contributed by atoms with Crippen molar-refractivity contribution in [3.63, 3.8) is 0 Å². The summed E-state index contributed by atoms with van der Waals surface area (Å²) in [6.07, 6.45) is 3.40. The number of hydrogen-bond acceptors (Lipinski definition) is 4. The minimum Gasteiger partial charge on any atom is -0.463 e. The van der Waals surface area contributed by atoms with Gasteiger partial charge in [0.2, 0.25) is 0 Å². The van der Waals surface area contributed by atoms with Gasteiger partial charge in [0.25, 0.3) is 0 Å². The summed E-state index contributed by atoms with van der Waals surface area (Å²) in [6, 6.07) is 9.76. The largest absolute Gasteiger partial charge is 0.463 e. The van der Waals surface area contributed by atoms with Crippen LogP contribution in [0, 0.1) is 0 Å². The Balaban J connectivity index is 1.92. The minimum atomic E-state index is -0.369. The van der Waals surface area contributed by atoms with Gasteiger partial charge in [-0.15, -0.1) is 0 Å². The summed E-state index contributed by atoms with van der Waals surface area (Å²) in [5.41, 5.74) is 0.983. The number of esters is 1. The third kappa shape index (κ3) is 4.19. The van der Waals surface area contributed by atoms with Crippen LogP contribution in [0.4, 0.5) is 0 Å². The highest BCUT2D eigenvalue weighted by Crippen LogP contribution is 2.26. The van der Waals surface area contributed by atoms with Gasteiger partial charge in [-0.25, -0.2) is 4.79 Å². The summed E-state index contributed by atoms with van der Waals surface area (Å²) in [7, 11) is 0. The van der Waals surface area contributed by atoms with Crippen LogP contribution in [0.3, 0.4) is 0 Å². The lowest BCUT2D eigenvalue weighted by molar-refractivity contribution is -0.204. The quantitative estimate of drug-likeness (QED) is 0.618. The van der Waals surface area contributed by atoms with Gasteiger partial charge in [0.1, 0.15) is 0 Å². The van der Waals surface area contributed by atoms with Crippen molar-refractivity contribution in [2.45, 2.75) is 25.7 Å². The Bertz CT molecular complexity index is 427. The van der Waals surface area contributed by atoms with E-state index >= 15 is 0 Å². The molecule has 0 bridgehead atoms. The molecule has 19 heavy (non-hydrogen) atoms. The number of hydrogen-bond donors (Lipinski definition) is 0. The van der Waals surface area contributed by atoms with Crippen LogP contribution < -0.4 is 0 Å². The van der Waals surface area contributed by atoms with Gasteiger partial charge in [-0.1, -0.05) is 30.3 Å². The second kappa shape index (κ2) is 7.07. The fraction of sp³-hybridized carbons (Fsp3) is 0.400. The summed E-state index contributed by atoms with van der Waals surface area (Å²) in [5, 5.41) is 0. The Labute approximate surface area is 113 Å². The van der Waals surface area contributed by atoms with Crippen LogP contribution in [0.1, 0.15) is 25.2 Å². The Morgan fingerprint density at radius 2 is 2.21 bits per heavy atom. The molecule has 2 atom stereocenters. The molecular weight excluding hydrogens is 244 g/mol. The standard InChI is InChI=1S/C15H18O4/c1-2-17-14(16)9-8-13-10-11-18-15(19-13)12-6-4-3-5-7-12/h3-9,13,15H,2,10-11H2,1H3/b9-8+/t13-,15+/m1/s1. The van der Waals surface area contributed by atoms with Gasteiger partial charge in [0.05, 0.1) is 19.3 Å². The molecule has 0 aromatic heterocycles. The smallest absolute Gasteiger partial charge is 0.330 e. The Morgan fingerprint density at radius 1 is 1.42 bits per heavy atom. The van der Waals surface area contributed by atoms with E-state index in [-0.39, 0.29) is 18.4 Å². The summed E-state index contributed by atoms with van der Waals surface area (Å²) >= 11 is 0. The van der Waals surface area contributed by atoms with Crippen LogP contribution in [-0.2, 0) is 19.0 Å². The Hall–Kier alpha value is -1.65. The number of carbonyl (C=O) groups excluding carboxylic acids is 1. The molecule has 1 aliphatic heterocycles. The van der Waals surface area contributed by atoms with Crippen molar-refractivity contribution >= 4 is 5.97 Å². The third-order valence-electron chi connectivity index (χ3n) is 2.78. The van der Waals surface area contributed by atoms with E-state index in [0.717, 1.165) is 12.0 Å². The first-order chi connectivity index (χ1) is 9.29. The molecule has 1 fully saturated rings. The van der Waals surface area contributed by atoms with Crippen LogP contribution in [0.5, 0.6) is 0 Å². The summed E-state index contributed by atoms with van der Waals surface area (Å²) in [4.78, 5) is 11.2. The topological polar surface area (TPSA) is 44.8 Å².